The molecule has 0 saturated carbocycles. The topological polar surface area (TPSA) is 79.5 Å². The molecule has 1 heterocycles. The van der Waals surface area contributed by atoms with Gasteiger partial charge < -0.3 is 14.6 Å². The Labute approximate surface area is 162 Å². The van der Waals surface area contributed by atoms with Gasteiger partial charge in [0, 0.05) is 23.7 Å². The van der Waals surface area contributed by atoms with Gasteiger partial charge in [-0.15, -0.1) is 0 Å². The molecule has 0 aliphatic rings. The van der Waals surface area contributed by atoms with Gasteiger partial charge in [-0.05, 0) is 45.6 Å². The van der Waals surface area contributed by atoms with Crippen molar-refractivity contribution in [2.75, 3.05) is 13.2 Å². The van der Waals surface area contributed by atoms with Crippen LogP contribution in [-0.2, 0) is 9.53 Å². The zero-order chi connectivity index (χ0) is 20.9. The fourth-order valence-corrected chi connectivity index (χ4v) is 3.10. The van der Waals surface area contributed by atoms with Crippen molar-refractivity contribution in [3.05, 3.63) is 22.5 Å². The van der Waals surface area contributed by atoms with Gasteiger partial charge in [0.2, 0.25) is 5.91 Å². The smallest absolute Gasteiger partial charge is 0.355 e. The summed E-state index contributed by atoms with van der Waals surface area (Å²) >= 11 is 0. The van der Waals surface area contributed by atoms with Gasteiger partial charge in [0.15, 0.2) is 5.78 Å². The number of aromatic amines is 1. The van der Waals surface area contributed by atoms with Crippen LogP contribution in [-0.4, -0.2) is 46.7 Å². The zero-order valence-corrected chi connectivity index (χ0v) is 17.9. The largest absolute Gasteiger partial charge is 0.461 e. The molecule has 0 unspecified atom stereocenters. The van der Waals surface area contributed by atoms with Crippen LogP contribution in [0, 0.1) is 25.7 Å². The Balaban J connectivity index is 3.20. The van der Waals surface area contributed by atoms with Crippen molar-refractivity contribution < 1.29 is 19.1 Å². The molecule has 1 amide bonds. The standard InChI is InChI=1S/C21H34N2O4/c1-9-27-21(26)18-14(6)17(15(7)22-18)19(24)16(8)23(11-10-12(2)3)20(25)13(4)5/h12-13,16,22H,9-11H2,1-8H3/t16-/m1/s1. The molecule has 6 heteroatoms. The summed E-state index contributed by atoms with van der Waals surface area (Å²) in [7, 11) is 0. The first-order valence-corrected chi connectivity index (χ1v) is 9.73. The van der Waals surface area contributed by atoms with Crippen LogP contribution in [0.15, 0.2) is 0 Å². The Bertz CT molecular complexity index is 689. The lowest BCUT2D eigenvalue weighted by molar-refractivity contribution is -0.135. The van der Waals surface area contributed by atoms with E-state index in [-0.39, 0.29) is 24.2 Å². The van der Waals surface area contributed by atoms with Crippen molar-refractivity contribution in [1.29, 1.82) is 0 Å². The number of carbonyl (C=O) groups excluding carboxylic acids is 3. The van der Waals surface area contributed by atoms with Gasteiger partial charge in [-0.2, -0.15) is 0 Å². The van der Waals surface area contributed by atoms with Crippen molar-refractivity contribution in [2.24, 2.45) is 11.8 Å². The fourth-order valence-electron chi connectivity index (χ4n) is 3.10. The van der Waals surface area contributed by atoms with Crippen LogP contribution in [0.4, 0.5) is 0 Å². The number of esters is 1. The fraction of sp³-hybridized carbons (Fsp3) is 0.667. The summed E-state index contributed by atoms with van der Waals surface area (Å²) in [6.07, 6.45) is 0.829. The van der Waals surface area contributed by atoms with Crippen LogP contribution in [0.5, 0.6) is 0 Å². The number of nitrogens with one attached hydrogen (secondary N) is 1. The molecule has 0 fully saturated rings. The number of carbonyl (C=O) groups is 3. The maximum atomic E-state index is 13.2. The van der Waals surface area contributed by atoms with Gasteiger partial charge in [-0.1, -0.05) is 27.7 Å². The Hall–Kier alpha value is -2.11. The van der Waals surface area contributed by atoms with E-state index in [2.05, 4.69) is 18.8 Å². The minimum atomic E-state index is -0.595. The van der Waals surface area contributed by atoms with E-state index >= 15 is 0 Å². The number of aryl methyl sites for hydroxylation is 1. The van der Waals surface area contributed by atoms with Crippen molar-refractivity contribution in [1.82, 2.24) is 9.88 Å². The average molecular weight is 379 g/mol. The summed E-state index contributed by atoms with van der Waals surface area (Å²) in [6, 6.07) is -0.595. The number of nitrogens with zero attached hydrogens (tertiary/aromatic N) is 1. The molecule has 1 atom stereocenters. The van der Waals surface area contributed by atoms with E-state index in [9.17, 15) is 14.4 Å². The second kappa shape index (κ2) is 9.72. The van der Waals surface area contributed by atoms with Gasteiger partial charge >= 0.3 is 5.97 Å². The molecule has 27 heavy (non-hydrogen) atoms. The minimum Gasteiger partial charge on any atom is -0.461 e. The van der Waals surface area contributed by atoms with Crippen LogP contribution < -0.4 is 0 Å². The Morgan fingerprint density at radius 1 is 1.07 bits per heavy atom. The quantitative estimate of drug-likeness (QED) is 0.522. The predicted molar refractivity (Wildman–Crippen MR) is 106 cm³/mol. The number of amides is 1. The van der Waals surface area contributed by atoms with E-state index in [0.717, 1.165) is 6.42 Å². The Morgan fingerprint density at radius 3 is 2.15 bits per heavy atom. The second-order valence-electron chi connectivity index (χ2n) is 7.75. The normalized spacial score (nSPS) is 12.4. The first-order valence-electron chi connectivity index (χ1n) is 9.73. The predicted octanol–water partition coefficient (Wildman–Crippen LogP) is 3.91. The van der Waals surface area contributed by atoms with E-state index in [0.29, 0.717) is 35.0 Å². The summed E-state index contributed by atoms with van der Waals surface area (Å²) in [5.41, 5.74) is 1.96. The van der Waals surface area contributed by atoms with Crippen LogP contribution in [0.2, 0.25) is 0 Å². The van der Waals surface area contributed by atoms with Crippen LogP contribution in [0.25, 0.3) is 0 Å². The number of ketones is 1. The molecule has 0 aromatic carbocycles. The van der Waals surface area contributed by atoms with Crippen molar-refractivity contribution in [3.63, 3.8) is 0 Å². The van der Waals surface area contributed by atoms with E-state index in [1.165, 1.54) is 0 Å². The van der Waals surface area contributed by atoms with Gasteiger partial charge in [0.05, 0.1) is 12.6 Å². The molecule has 0 aliphatic carbocycles. The van der Waals surface area contributed by atoms with Crippen molar-refractivity contribution in [3.8, 4) is 0 Å². The molecule has 1 aromatic rings. The molecule has 0 bridgehead atoms. The maximum Gasteiger partial charge on any atom is 0.355 e. The SMILES string of the molecule is CCOC(=O)c1[nH]c(C)c(C(=O)[C@@H](C)N(CCC(C)C)C(=O)C(C)C)c1C. The lowest BCUT2D eigenvalue weighted by atomic mass is 9.98. The second-order valence-corrected chi connectivity index (χ2v) is 7.75. The lowest BCUT2D eigenvalue weighted by Gasteiger charge is -2.30. The van der Waals surface area contributed by atoms with E-state index in [4.69, 9.17) is 4.74 Å². The van der Waals surface area contributed by atoms with Gasteiger partial charge in [-0.3, -0.25) is 9.59 Å². The third kappa shape index (κ3) is 5.44. The Morgan fingerprint density at radius 2 is 1.67 bits per heavy atom. The van der Waals surface area contributed by atoms with Gasteiger partial charge in [0.1, 0.15) is 5.69 Å². The molecular formula is C21H34N2O4. The van der Waals surface area contributed by atoms with E-state index in [1.54, 1.807) is 32.6 Å². The third-order valence-electron chi connectivity index (χ3n) is 4.73. The molecule has 1 aromatic heterocycles. The summed E-state index contributed by atoms with van der Waals surface area (Å²) in [5.74, 6) is -0.418. The highest BCUT2D eigenvalue weighted by atomic mass is 16.5. The minimum absolute atomic E-state index is 0.0343. The number of hydrogen-bond acceptors (Lipinski definition) is 4. The summed E-state index contributed by atoms with van der Waals surface area (Å²) in [6.45, 7) is 15.7. The Kier molecular flexibility index (Phi) is 8.25. The molecular weight excluding hydrogens is 344 g/mol. The molecule has 0 aliphatic heterocycles. The summed E-state index contributed by atoms with van der Waals surface area (Å²) < 4.78 is 5.05. The lowest BCUT2D eigenvalue weighted by Crippen LogP contribution is -2.46. The molecule has 0 spiro atoms. The molecule has 1 rings (SSSR count). The highest BCUT2D eigenvalue weighted by Crippen LogP contribution is 2.23. The first kappa shape index (κ1) is 22.9. The summed E-state index contributed by atoms with van der Waals surface area (Å²) in [5, 5.41) is 0. The van der Waals surface area contributed by atoms with Crippen molar-refractivity contribution >= 4 is 17.7 Å². The zero-order valence-electron chi connectivity index (χ0n) is 17.9. The van der Waals surface area contributed by atoms with Gasteiger partial charge in [-0.25, -0.2) is 4.79 Å². The number of aromatic nitrogens is 1. The number of H-pyrrole nitrogens is 1. The highest BCUT2D eigenvalue weighted by molar-refractivity contribution is 6.06. The molecule has 0 saturated heterocycles. The van der Waals surface area contributed by atoms with E-state index < -0.39 is 12.0 Å². The maximum absolute atomic E-state index is 13.2. The highest BCUT2D eigenvalue weighted by Gasteiger charge is 2.31. The third-order valence-corrected chi connectivity index (χ3v) is 4.73. The molecule has 6 nitrogen and oxygen atoms in total. The van der Waals surface area contributed by atoms with Crippen molar-refractivity contribution in [2.45, 2.75) is 67.9 Å². The van der Waals surface area contributed by atoms with E-state index in [1.807, 2.05) is 13.8 Å². The summed E-state index contributed by atoms with van der Waals surface area (Å²) in [4.78, 5) is 42.7. The molecule has 0 radical (unpaired) electrons. The number of ether oxygens (including phenoxy) is 1. The van der Waals surface area contributed by atoms with Crippen LogP contribution >= 0.6 is 0 Å². The molecule has 152 valence electrons. The van der Waals surface area contributed by atoms with Gasteiger partial charge in [0.25, 0.3) is 0 Å². The van der Waals surface area contributed by atoms with Crippen LogP contribution in [0.3, 0.4) is 0 Å². The van der Waals surface area contributed by atoms with Crippen LogP contribution in [0.1, 0.15) is 80.1 Å². The average Bonchev–Trinajstić information content (AvgIpc) is 2.88. The number of Topliss-reactive ketones (excluding diaryl/α,β-unsaturated/α-hetero) is 1. The number of hydrogen-bond donors (Lipinski definition) is 1. The first-order chi connectivity index (χ1) is 12.5. The number of rotatable bonds is 9. The molecule has 1 N–H and O–H groups in total. The monoisotopic (exact) mass is 378 g/mol.